The van der Waals surface area contributed by atoms with E-state index in [1.54, 1.807) is 18.2 Å². The number of alkyl halides is 3. The Morgan fingerprint density at radius 1 is 1.12 bits per heavy atom. The Morgan fingerprint density at radius 3 is 2.64 bits per heavy atom. The fourth-order valence-corrected chi connectivity index (χ4v) is 2.60. The first-order valence-corrected chi connectivity index (χ1v) is 7.86. The average Bonchev–Trinajstić information content (AvgIpc) is 2.97. The summed E-state index contributed by atoms with van der Waals surface area (Å²) < 4.78 is 50.2. The Balaban J connectivity index is 1.63. The predicted molar refractivity (Wildman–Crippen MR) is 84.1 cm³/mol. The van der Waals surface area contributed by atoms with Crippen LogP contribution in [-0.2, 0) is 6.18 Å². The average molecular weight is 352 g/mol. The molecule has 0 saturated heterocycles. The van der Waals surface area contributed by atoms with Gasteiger partial charge < -0.3 is 20.1 Å². The lowest BCUT2D eigenvalue weighted by molar-refractivity contribution is -0.137. The van der Waals surface area contributed by atoms with E-state index < -0.39 is 11.7 Å². The Hall–Kier alpha value is -2.71. The Bertz CT molecular complexity index is 793. The summed E-state index contributed by atoms with van der Waals surface area (Å²) >= 11 is 0. The standard InChI is InChI=1S/C16H15F3N4O2/c17-16(18,19)11-7-20-15(22-9-2-1-3-9)23-14(11)21-10-4-5-12-13(6-10)25-8-24-12/h4-7,9H,1-3,8H2,(H2,20,21,22,23). The fourth-order valence-electron chi connectivity index (χ4n) is 2.60. The normalized spacial score (nSPS) is 16.4. The molecule has 2 aliphatic rings. The van der Waals surface area contributed by atoms with Gasteiger partial charge in [-0.05, 0) is 31.4 Å². The highest BCUT2D eigenvalue weighted by Gasteiger charge is 2.35. The summed E-state index contributed by atoms with van der Waals surface area (Å²) in [6, 6.07) is 5.03. The van der Waals surface area contributed by atoms with Gasteiger partial charge in [0.25, 0.3) is 0 Å². The molecular formula is C16H15F3N4O2. The predicted octanol–water partition coefficient (Wildman–Crippen LogP) is 3.93. The number of nitrogens with one attached hydrogen (secondary N) is 2. The monoisotopic (exact) mass is 352 g/mol. The molecule has 0 bridgehead atoms. The van der Waals surface area contributed by atoms with Crippen LogP contribution < -0.4 is 20.1 Å². The minimum Gasteiger partial charge on any atom is -0.454 e. The minimum atomic E-state index is -4.56. The van der Waals surface area contributed by atoms with Crippen molar-refractivity contribution in [2.45, 2.75) is 31.5 Å². The second-order valence-corrected chi connectivity index (χ2v) is 5.92. The SMILES string of the molecule is FC(F)(F)c1cnc(NC2CCC2)nc1Nc1ccc2c(c1)OCO2. The van der Waals surface area contributed by atoms with E-state index in [-0.39, 0.29) is 24.6 Å². The quantitative estimate of drug-likeness (QED) is 0.869. The zero-order chi connectivity index (χ0) is 17.4. The number of aromatic nitrogens is 2. The number of hydrogen-bond acceptors (Lipinski definition) is 6. The van der Waals surface area contributed by atoms with E-state index in [9.17, 15) is 13.2 Å². The van der Waals surface area contributed by atoms with Gasteiger partial charge in [0, 0.05) is 24.0 Å². The van der Waals surface area contributed by atoms with E-state index in [1.807, 2.05) is 0 Å². The minimum absolute atomic E-state index is 0.0928. The summed E-state index contributed by atoms with van der Waals surface area (Å²) in [5.74, 6) is 0.904. The summed E-state index contributed by atoms with van der Waals surface area (Å²) in [5.41, 5.74) is -0.507. The zero-order valence-electron chi connectivity index (χ0n) is 13.1. The maximum atomic E-state index is 13.3. The van der Waals surface area contributed by atoms with Crippen molar-refractivity contribution in [1.29, 1.82) is 0 Å². The zero-order valence-corrected chi connectivity index (χ0v) is 13.1. The lowest BCUT2D eigenvalue weighted by Gasteiger charge is -2.26. The van der Waals surface area contributed by atoms with Crippen molar-refractivity contribution in [2.24, 2.45) is 0 Å². The molecule has 2 N–H and O–H groups in total. The molecule has 1 aliphatic heterocycles. The van der Waals surface area contributed by atoms with E-state index in [0.29, 0.717) is 17.2 Å². The van der Waals surface area contributed by atoms with Gasteiger partial charge in [-0.15, -0.1) is 0 Å². The first-order chi connectivity index (χ1) is 12.0. The third kappa shape index (κ3) is 3.26. The largest absolute Gasteiger partial charge is 0.454 e. The van der Waals surface area contributed by atoms with Gasteiger partial charge in [-0.1, -0.05) is 0 Å². The molecular weight excluding hydrogens is 337 g/mol. The third-order valence-corrected chi connectivity index (χ3v) is 4.17. The van der Waals surface area contributed by atoms with Crippen molar-refractivity contribution in [3.63, 3.8) is 0 Å². The molecule has 0 amide bonds. The van der Waals surface area contributed by atoms with E-state index >= 15 is 0 Å². The van der Waals surface area contributed by atoms with E-state index in [4.69, 9.17) is 9.47 Å². The molecule has 6 nitrogen and oxygen atoms in total. The van der Waals surface area contributed by atoms with E-state index in [2.05, 4.69) is 20.6 Å². The van der Waals surface area contributed by atoms with Crippen LogP contribution >= 0.6 is 0 Å². The van der Waals surface area contributed by atoms with Crippen LogP contribution in [0, 0.1) is 0 Å². The highest BCUT2D eigenvalue weighted by atomic mass is 19.4. The van der Waals surface area contributed by atoms with Crippen molar-refractivity contribution < 1.29 is 22.6 Å². The summed E-state index contributed by atoms with van der Waals surface area (Å²) in [4.78, 5) is 7.82. The highest BCUT2D eigenvalue weighted by molar-refractivity contribution is 5.64. The van der Waals surface area contributed by atoms with Crippen LogP contribution in [-0.4, -0.2) is 22.8 Å². The topological polar surface area (TPSA) is 68.3 Å². The van der Waals surface area contributed by atoms with Crippen LogP contribution in [0.2, 0.25) is 0 Å². The van der Waals surface area contributed by atoms with Gasteiger partial charge in [0.05, 0.1) is 0 Å². The molecule has 0 atom stereocenters. The number of anilines is 3. The van der Waals surface area contributed by atoms with Crippen LogP contribution in [0.1, 0.15) is 24.8 Å². The molecule has 0 spiro atoms. The number of fused-ring (bicyclic) bond motifs is 1. The molecule has 2 aromatic rings. The first-order valence-electron chi connectivity index (χ1n) is 7.86. The molecule has 25 heavy (non-hydrogen) atoms. The Labute approximate surface area is 141 Å². The van der Waals surface area contributed by atoms with Crippen LogP contribution in [0.25, 0.3) is 0 Å². The summed E-state index contributed by atoms with van der Waals surface area (Å²) in [6.07, 6.45) is -0.734. The van der Waals surface area contributed by atoms with Crippen molar-refractivity contribution in [1.82, 2.24) is 9.97 Å². The molecule has 1 aromatic carbocycles. The molecule has 0 radical (unpaired) electrons. The number of ether oxygens (including phenoxy) is 2. The van der Waals surface area contributed by atoms with Gasteiger partial charge >= 0.3 is 6.18 Å². The second-order valence-electron chi connectivity index (χ2n) is 5.92. The van der Waals surface area contributed by atoms with Gasteiger partial charge in [-0.25, -0.2) is 4.98 Å². The van der Waals surface area contributed by atoms with Crippen LogP contribution in [0.15, 0.2) is 24.4 Å². The summed E-state index contributed by atoms with van der Waals surface area (Å²) in [6.45, 7) is 0.0928. The molecule has 1 saturated carbocycles. The van der Waals surface area contributed by atoms with Gasteiger partial charge in [-0.2, -0.15) is 18.2 Å². The van der Waals surface area contributed by atoms with Crippen molar-refractivity contribution in [3.8, 4) is 11.5 Å². The second kappa shape index (κ2) is 5.98. The maximum Gasteiger partial charge on any atom is 0.421 e. The third-order valence-electron chi connectivity index (χ3n) is 4.17. The van der Waals surface area contributed by atoms with Crippen LogP contribution in [0.3, 0.4) is 0 Å². The van der Waals surface area contributed by atoms with Crippen LogP contribution in [0.5, 0.6) is 11.5 Å². The number of rotatable bonds is 4. The number of halogens is 3. The number of nitrogens with zero attached hydrogens (tertiary/aromatic N) is 2. The first kappa shape index (κ1) is 15.8. The lowest BCUT2D eigenvalue weighted by Crippen LogP contribution is -2.28. The smallest absolute Gasteiger partial charge is 0.421 e. The van der Waals surface area contributed by atoms with Gasteiger partial charge in [0.2, 0.25) is 12.7 Å². The molecule has 0 unspecified atom stereocenters. The number of benzene rings is 1. The van der Waals surface area contributed by atoms with E-state index in [1.165, 1.54) is 0 Å². The fraction of sp³-hybridized carbons (Fsp3) is 0.375. The van der Waals surface area contributed by atoms with Gasteiger partial charge in [0.1, 0.15) is 11.4 Å². The van der Waals surface area contributed by atoms with Crippen molar-refractivity contribution in [3.05, 3.63) is 30.0 Å². The summed E-state index contributed by atoms with van der Waals surface area (Å²) in [7, 11) is 0. The molecule has 1 aliphatic carbocycles. The van der Waals surface area contributed by atoms with Crippen molar-refractivity contribution in [2.75, 3.05) is 17.4 Å². The van der Waals surface area contributed by atoms with Gasteiger partial charge in [-0.3, -0.25) is 0 Å². The molecule has 1 fully saturated rings. The van der Waals surface area contributed by atoms with Crippen molar-refractivity contribution >= 4 is 17.5 Å². The van der Waals surface area contributed by atoms with Crippen LogP contribution in [0.4, 0.5) is 30.6 Å². The van der Waals surface area contributed by atoms with Gasteiger partial charge in [0.15, 0.2) is 11.5 Å². The lowest BCUT2D eigenvalue weighted by atomic mass is 9.93. The molecule has 1 aromatic heterocycles. The molecule has 2 heterocycles. The highest BCUT2D eigenvalue weighted by Crippen LogP contribution is 2.38. The molecule has 9 heteroatoms. The van der Waals surface area contributed by atoms with E-state index in [0.717, 1.165) is 25.5 Å². The maximum absolute atomic E-state index is 13.3. The molecule has 132 valence electrons. The Morgan fingerprint density at radius 2 is 1.92 bits per heavy atom. The summed E-state index contributed by atoms with van der Waals surface area (Å²) in [5, 5.41) is 5.76. The Kier molecular flexibility index (Phi) is 3.78. The number of hydrogen-bond donors (Lipinski definition) is 2. The molecule has 4 rings (SSSR count).